The molecule has 0 atom stereocenters. The van der Waals surface area contributed by atoms with Crippen LogP contribution in [-0.2, 0) is 0 Å². The van der Waals surface area contributed by atoms with E-state index in [0.29, 0.717) is 5.69 Å². The van der Waals surface area contributed by atoms with E-state index in [0.717, 1.165) is 34.3 Å². The molecule has 1 N–H and O–H groups in total. The maximum atomic E-state index is 11.1. The Bertz CT molecular complexity index is 784. The number of aromatic amines is 1. The average Bonchev–Trinajstić information content (AvgIpc) is 3.04. The predicted molar refractivity (Wildman–Crippen MR) is 74.8 cm³/mol. The highest BCUT2D eigenvalue weighted by atomic mass is 16.1. The summed E-state index contributed by atoms with van der Waals surface area (Å²) in [4.78, 5) is 15.3. The van der Waals surface area contributed by atoms with Crippen LogP contribution >= 0.6 is 0 Å². The maximum Gasteiger partial charge on any atom is 0.170 e. The highest BCUT2D eigenvalue weighted by molar-refractivity contribution is 5.80. The van der Waals surface area contributed by atoms with Crippen molar-refractivity contribution < 1.29 is 4.79 Å². The molecule has 0 aromatic carbocycles. The number of carbonyl (C=O) groups excluding carboxylic acids is 1. The van der Waals surface area contributed by atoms with Crippen LogP contribution in [0.2, 0.25) is 0 Å². The highest BCUT2D eigenvalue weighted by Crippen LogP contribution is 2.30. The van der Waals surface area contributed by atoms with Gasteiger partial charge in [-0.3, -0.25) is 9.89 Å². The first-order valence-electron chi connectivity index (χ1n) is 6.45. The molecular weight excluding hydrogens is 254 g/mol. The SMILES string of the molecule is Cc1cc(-c2[nH]nc(C=O)c2C(C)C)cn2ncnc12. The summed E-state index contributed by atoms with van der Waals surface area (Å²) in [7, 11) is 0. The lowest BCUT2D eigenvalue weighted by atomic mass is 9.97. The van der Waals surface area contributed by atoms with Gasteiger partial charge in [-0.2, -0.15) is 10.2 Å². The van der Waals surface area contributed by atoms with Gasteiger partial charge in [-0.05, 0) is 24.5 Å². The lowest BCUT2D eigenvalue weighted by Crippen LogP contribution is -1.97. The zero-order chi connectivity index (χ0) is 14.3. The number of nitrogens with one attached hydrogen (secondary N) is 1. The quantitative estimate of drug-likeness (QED) is 0.740. The van der Waals surface area contributed by atoms with Gasteiger partial charge in [0.25, 0.3) is 0 Å². The fraction of sp³-hybridized carbons (Fsp3) is 0.286. The van der Waals surface area contributed by atoms with E-state index in [1.807, 2.05) is 33.0 Å². The van der Waals surface area contributed by atoms with Gasteiger partial charge in [-0.25, -0.2) is 9.50 Å². The fourth-order valence-electron chi connectivity index (χ4n) is 2.49. The van der Waals surface area contributed by atoms with Crippen molar-refractivity contribution in [2.24, 2.45) is 0 Å². The molecule has 6 heteroatoms. The topological polar surface area (TPSA) is 75.9 Å². The van der Waals surface area contributed by atoms with E-state index in [1.165, 1.54) is 6.33 Å². The van der Waals surface area contributed by atoms with E-state index < -0.39 is 0 Å². The summed E-state index contributed by atoms with van der Waals surface area (Å²) in [6.07, 6.45) is 4.21. The van der Waals surface area contributed by atoms with E-state index >= 15 is 0 Å². The van der Waals surface area contributed by atoms with Crippen LogP contribution in [0, 0.1) is 6.92 Å². The maximum absolute atomic E-state index is 11.1. The normalized spacial score (nSPS) is 11.4. The minimum Gasteiger partial charge on any atom is -0.296 e. The second-order valence-corrected chi connectivity index (χ2v) is 5.11. The standard InChI is InChI=1S/C14H15N5O/c1-8(2)12-11(6-20)17-18-13(12)10-4-9(3)14-15-7-16-19(14)5-10/h4-8H,1-3H3,(H,17,18). The molecule has 6 nitrogen and oxygen atoms in total. The van der Waals surface area contributed by atoms with Crippen molar-refractivity contribution in [1.29, 1.82) is 0 Å². The summed E-state index contributed by atoms with van der Waals surface area (Å²) in [5, 5.41) is 11.2. The summed E-state index contributed by atoms with van der Waals surface area (Å²) in [6, 6.07) is 2.03. The van der Waals surface area contributed by atoms with Crippen molar-refractivity contribution in [2.45, 2.75) is 26.7 Å². The van der Waals surface area contributed by atoms with Gasteiger partial charge >= 0.3 is 0 Å². The second-order valence-electron chi connectivity index (χ2n) is 5.11. The number of fused-ring (bicyclic) bond motifs is 1. The van der Waals surface area contributed by atoms with Crippen LogP contribution < -0.4 is 0 Å². The van der Waals surface area contributed by atoms with E-state index in [2.05, 4.69) is 20.3 Å². The third-order valence-electron chi connectivity index (χ3n) is 3.37. The lowest BCUT2D eigenvalue weighted by Gasteiger charge is -2.08. The molecule has 0 amide bonds. The van der Waals surface area contributed by atoms with E-state index in [1.54, 1.807) is 4.52 Å². The van der Waals surface area contributed by atoms with Gasteiger partial charge in [-0.1, -0.05) is 13.8 Å². The molecule has 0 saturated carbocycles. The number of aromatic nitrogens is 5. The molecule has 3 rings (SSSR count). The molecule has 0 aliphatic rings. The molecule has 0 aliphatic heterocycles. The van der Waals surface area contributed by atoms with Gasteiger partial charge in [0.2, 0.25) is 0 Å². The first-order chi connectivity index (χ1) is 9.61. The van der Waals surface area contributed by atoms with E-state index in [-0.39, 0.29) is 5.92 Å². The minimum atomic E-state index is 0.204. The van der Waals surface area contributed by atoms with Crippen LogP contribution in [0.25, 0.3) is 16.9 Å². The number of rotatable bonds is 3. The Balaban J connectivity index is 2.25. The molecule has 0 radical (unpaired) electrons. The Hall–Kier alpha value is -2.50. The molecule has 0 aliphatic carbocycles. The Labute approximate surface area is 115 Å². The van der Waals surface area contributed by atoms with Crippen molar-refractivity contribution in [3.8, 4) is 11.3 Å². The van der Waals surface area contributed by atoms with E-state index in [4.69, 9.17) is 0 Å². The van der Waals surface area contributed by atoms with Gasteiger partial charge in [-0.15, -0.1) is 0 Å². The number of hydrogen-bond acceptors (Lipinski definition) is 4. The number of hydrogen-bond donors (Lipinski definition) is 1. The van der Waals surface area contributed by atoms with Gasteiger partial charge in [0.15, 0.2) is 11.9 Å². The second kappa shape index (κ2) is 4.56. The summed E-state index contributed by atoms with van der Waals surface area (Å²) in [5.74, 6) is 0.204. The first kappa shape index (κ1) is 12.5. The molecule has 0 unspecified atom stereocenters. The van der Waals surface area contributed by atoms with Crippen LogP contribution in [0.3, 0.4) is 0 Å². The Morgan fingerprint density at radius 2 is 2.20 bits per heavy atom. The van der Waals surface area contributed by atoms with Crippen LogP contribution in [0.5, 0.6) is 0 Å². The first-order valence-corrected chi connectivity index (χ1v) is 6.45. The third kappa shape index (κ3) is 1.80. The smallest absolute Gasteiger partial charge is 0.170 e. The molecule has 0 bridgehead atoms. The van der Waals surface area contributed by atoms with Crippen molar-refractivity contribution in [1.82, 2.24) is 24.8 Å². The molecule has 0 fully saturated rings. The number of nitrogens with zero attached hydrogens (tertiary/aromatic N) is 4. The van der Waals surface area contributed by atoms with Crippen LogP contribution in [0.1, 0.15) is 41.4 Å². The number of aryl methyl sites for hydroxylation is 1. The number of carbonyl (C=O) groups is 1. The summed E-state index contributed by atoms with van der Waals surface area (Å²) in [5.41, 5.74) is 5.06. The number of H-pyrrole nitrogens is 1. The van der Waals surface area contributed by atoms with Crippen molar-refractivity contribution >= 4 is 11.9 Å². The summed E-state index contributed by atoms with van der Waals surface area (Å²) < 4.78 is 1.73. The summed E-state index contributed by atoms with van der Waals surface area (Å²) >= 11 is 0. The molecule has 20 heavy (non-hydrogen) atoms. The fourth-order valence-corrected chi connectivity index (χ4v) is 2.49. The van der Waals surface area contributed by atoms with Gasteiger partial charge in [0.05, 0.1) is 5.69 Å². The van der Waals surface area contributed by atoms with Gasteiger partial charge in [0.1, 0.15) is 12.0 Å². The largest absolute Gasteiger partial charge is 0.296 e. The average molecular weight is 269 g/mol. The monoisotopic (exact) mass is 269 g/mol. The summed E-state index contributed by atoms with van der Waals surface area (Å²) in [6.45, 7) is 6.07. The van der Waals surface area contributed by atoms with Crippen molar-refractivity contribution in [2.75, 3.05) is 0 Å². The Kier molecular flexibility index (Phi) is 2.85. The molecule has 102 valence electrons. The highest BCUT2D eigenvalue weighted by Gasteiger charge is 2.18. The minimum absolute atomic E-state index is 0.204. The molecular formula is C14H15N5O. The molecule has 3 heterocycles. The molecule has 3 aromatic rings. The van der Waals surface area contributed by atoms with Crippen molar-refractivity contribution in [3.05, 3.63) is 35.4 Å². The predicted octanol–water partition coefficient (Wildman–Crippen LogP) is 2.36. The van der Waals surface area contributed by atoms with Gasteiger partial charge < -0.3 is 0 Å². The number of aldehydes is 1. The lowest BCUT2D eigenvalue weighted by molar-refractivity contribution is 0.111. The van der Waals surface area contributed by atoms with Crippen LogP contribution in [-0.4, -0.2) is 31.1 Å². The van der Waals surface area contributed by atoms with Crippen LogP contribution in [0.15, 0.2) is 18.6 Å². The van der Waals surface area contributed by atoms with Crippen LogP contribution in [0.4, 0.5) is 0 Å². The molecule has 0 saturated heterocycles. The Morgan fingerprint density at radius 3 is 2.90 bits per heavy atom. The van der Waals surface area contributed by atoms with Gasteiger partial charge in [0, 0.05) is 17.3 Å². The van der Waals surface area contributed by atoms with Crippen molar-refractivity contribution in [3.63, 3.8) is 0 Å². The zero-order valence-corrected chi connectivity index (χ0v) is 11.6. The Morgan fingerprint density at radius 1 is 1.40 bits per heavy atom. The third-order valence-corrected chi connectivity index (χ3v) is 3.37. The molecule has 3 aromatic heterocycles. The molecule has 0 spiro atoms. The van der Waals surface area contributed by atoms with E-state index in [9.17, 15) is 4.79 Å². The zero-order valence-electron chi connectivity index (χ0n) is 11.6. The number of pyridine rings is 1.